The molecule has 0 spiro atoms. The fourth-order valence-electron chi connectivity index (χ4n) is 1.88. The molecular weight excluding hydrogens is 308 g/mol. The number of carbonyl (C=O) groups excluding carboxylic acids is 1. The summed E-state index contributed by atoms with van der Waals surface area (Å²) >= 11 is 7.36. The van der Waals surface area contributed by atoms with Crippen molar-refractivity contribution in [1.82, 2.24) is 5.32 Å². The van der Waals surface area contributed by atoms with Gasteiger partial charge in [-0.3, -0.25) is 0 Å². The number of hydrogen-bond donors (Lipinski definition) is 2. The predicted molar refractivity (Wildman–Crippen MR) is 87.3 cm³/mol. The summed E-state index contributed by atoms with van der Waals surface area (Å²) in [5, 5.41) is 5.59. The lowest BCUT2D eigenvalue weighted by Crippen LogP contribution is -2.32. The summed E-state index contributed by atoms with van der Waals surface area (Å²) < 4.78 is 6.08. The lowest BCUT2D eigenvalue weighted by Gasteiger charge is -2.15. The standard InChI is InChI=1S/C15H17ClN2O2S/c1-10-4-3-5-11(8-10)18-15(19)17-9-12(20-2)13-6-7-14(16)21-13/h3-8,12H,9H2,1-2H3,(H2,17,18,19). The number of benzene rings is 1. The molecule has 0 saturated carbocycles. The van der Waals surface area contributed by atoms with Crippen molar-refractivity contribution in [3.05, 3.63) is 51.2 Å². The third-order valence-corrected chi connectivity index (χ3v) is 4.24. The molecule has 1 atom stereocenters. The van der Waals surface area contributed by atoms with Crippen LogP contribution in [0, 0.1) is 6.92 Å². The summed E-state index contributed by atoms with van der Waals surface area (Å²) in [6.45, 7) is 2.36. The molecule has 112 valence electrons. The van der Waals surface area contributed by atoms with Gasteiger partial charge in [-0.15, -0.1) is 11.3 Å². The van der Waals surface area contributed by atoms with Gasteiger partial charge in [-0.05, 0) is 36.8 Å². The van der Waals surface area contributed by atoms with E-state index < -0.39 is 0 Å². The van der Waals surface area contributed by atoms with Gasteiger partial charge in [-0.1, -0.05) is 23.7 Å². The molecule has 1 heterocycles. The van der Waals surface area contributed by atoms with Gasteiger partial charge >= 0.3 is 6.03 Å². The number of thiophene rings is 1. The Hall–Kier alpha value is -1.56. The zero-order chi connectivity index (χ0) is 15.2. The molecule has 2 aromatic rings. The Morgan fingerprint density at radius 2 is 2.19 bits per heavy atom. The summed E-state index contributed by atoms with van der Waals surface area (Å²) in [4.78, 5) is 12.9. The summed E-state index contributed by atoms with van der Waals surface area (Å²) in [5.41, 5.74) is 1.86. The first kappa shape index (κ1) is 15.8. The third-order valence-electron chi connectivity index (χ3n) is 2.92. The molecule has 2 amide bonds. The molecule has 1 unspecified atom stereocenters. The summed E-state index contributed by atoms with van der Waals surface area (Å²) in [6.07, 6.45) is -0.203. The van der Waals surface area contributed by atoms with Gasteiger partial charge < -0.3 is 15.4 Å². The van der Waals surface area contributed by atoms with Crippen LogP contribution in [-0.2, 0) is 4.74 Å². The Labute approximate surface area is 133 Å². The zero-order valence-electron chi connectivity index (χ0n) is 11.9. The molecule has 0 fully saturated rings. The van der Waals surface area contributed by atoms with Crippen molar-refractivity contribution >= 4 is 34.7 Å². The van der Waals surface area contributed by atoms with Crippen LogP contribution >= 0.6 is 22.9 Å². The maximum Gasteiger partial charge on any atom is 0.319 e. The van der Waals surface area contributed by atoms with Crippen LogP contribution in [0.3, 0.4) is 0 Å². The Kier molecular flexibility index (Phi) is 5.61. The van der Waals surface area contributed by atoms with Crippen LogP contribution in [-0.4, -0.2) is 19.7 Å². The predicted octanol–water partition coefficient (Wildman–Crippen LogP) is 4.22. The number of anilines is 1. The first-order valence-corrected chi connectivity index (χ1v) is 7.67. The first-order valence-electron chi connectivity index (χ1n) is 6.48. The van der Waals surface area contributed by atoms with Crippen LogP contribution in [0.4, 0.5) is 10.5 Å². The van der Waals surface area contributed by atoms with Crippen LogP contribution in [0.5, 0.6) is 0 Å². The first-order chi connectivity index (χ1) is 10.1. The van der Waals surface area contributed by atoms with E-state index in [0.717, 1.165) is 16.1 Å². The Morgan fingerprint density at radius 3 is 2.81 bits per heavy atom. The fraction of sp³-hybridized carbons (Fsp3) is 0.267. The number of methoxy groups -OCH3 is 1. The molecule has 21 heavy (non-hydrogen) atoms. The number of urea groups is 1. The van der Waals surface area contributed by atoms with Gasteiger partial charge in [0, 0.05) is 17.7 Å². The number of amides is 2. The molecule has 4 nitrogen and oxygen atoms in total. The molecule has 0 aliphatic rings. The van der Waals surface area contributed by atoms with Gasteiger partial charge in [0.05, 0.1) is 10.9 Å². The van der Waals surface area contributed by atoms with Crippen molar-refractivity contribution in [2.45, 2.75) is 13.0 Å². The third kappa shape index (κ3) is 4.74. The van der Waals surface area contributed by atoms with Crippen molar-refractivity contribution in [2.24, 2.45) is 0 Å². The quantitative estimate of drug-likeness (QED) is 0.865. The maximum atomic E-state index is 11.9. The summed E-state index contributed by atoms with van der Waals surface area (Å²) in [6, 6.07) is 11.1. The van der Waals surface area contributed by atoms with Crippen LogP contribution in [0.2, 0.25) is 4.34 Å². The average molecular weight is 325 g/mol. The molecule has 0 bridgehead atoms. The smallest absolute Gasteiger partial charge is 0.319 e. The fourth-order valence-corrected chi connectivity index (χ4v) is 3.02. The van der Waals surface area contributed by atoms with Crippen molar-refractivity contribution in [3.8, 4) is 0 Å². The number of halogens is 1. The number of aryl methyl sites for hydroxylation is 1. The Bertz CT molecular complexity index is 615. The van der Waals surface area contributed by atoms with E-state index in [2.05, 4.69) is 10.6 Å². The van der Waals surface area contributed by atoms with Crippen LogP contribution in [0.15, 0.2) is 36.4 Å². The van der Waals surface area contributed by atoms with Gasteiger partial charge in [0.25, 0.3) is 0 Å². The monoisotopic (exact) mass is 324 g/mol. The zero-order valence-corrected chi connectivity index (χ0v) is 13.4. The average Bonchev–Trinajstić information content (AvgIpc) is 2.86. The number of ether oxygens (including phenoxy) is 1. The molecule has 0 radical (unpaired) electrons. The lowest BCUT2D eigenvalue weighted by molar-refractivity contribution is 0.107. The highest BCUT2D eigenvalue weighted by Gasteiger charge is 2.14. The van der Waals surface area contributed by atoms with E-state index >= 15 is 0 Å². The molecule has 0 aliphatic carbocycles. The van der Waals surface area contributed by atoms with Crippen molar-refractivity contribution < 1.29 is 9.53 Å². The number of nitrogens with one attached hydrogen (secondary N) is 2. The molecule has 0 aliphatic heterocycles. The second-order valence-corrected chi connectivity index (χ2v) is 6.32. The van der Waals surface area contributed by atoms with Gasteiger partial charge in [0.2, 0.25) is 0 Å². The van der Waals surface area contributed by atoms with E-state index in [0.29, 0.717) is 10.9 Å². The highest BCUT2D eigenvalue weighted by molar-refractivity contribution is 7.16. The minimum absolute atomic E-state index is 0.203. The van der Waals surface area contributed by atoms with Crippen molar-refractivity contribution in [2.75, 3.05) is 19.0 Å². The molecule has 1 aromatic heterocycles. The van der Waals surface area contributed by atoms with Gasteiger partial charge in [-0.25, -0.2) is 4.79 Å². The van der Waals surface area contributed by atoms with E-state index in [9.17, 15) is 4.79 Å². The van der Waals surface area contributed by atoms with E-state index in [1.165, 1.54) is 11.3 Å². The SMILES string of the molecule is COC(CNC(=O)Nc1cccc(C)c1)c1ccc(Cl)s1. The van der Waals surface area contributed by atoms with Gasteiger partial charge in [0.15, 0.2) is 0 Å². The highest BCUT2D eigenvalue weighted by atomic mass is 35.5. The van der Waals surface area contributed by atoms with Gasteiger partial charge in [-0.2, -0.15) is 0 Å². The second kappa shape index (κ2) is 7.45. The number of hydrogen-bond acceptors (Lipinski definition) is 3. The molecule has 0 saturated heterocycles. The second-order valence-electron chi connectivity index (χ2n) is 4.57. The number of rotatable bonds is 5. The minimum Gasteiger partial charge on any atom is -0.374 e. The number of carbonyl (C=O) groups is 1. The normalized spacial score (nSPS) is 12.0. The van der Waals surface area contributed by atoms with Crippen LogP contribution in [0.25, 0.3) is 0 Å². The topological polar surface area (TPSA) is 50.4 Å². The molecule has 1 aromatic carbocycles. The van der Waals surface area contributed by atoms with E-state index in [1.54, 1.807) is 7.11 Å². The highest BCUT2D eigenvalue weighted by Crippen LogP contribution is 2.28. The molecule has 2 N–H and O–H groups in total. The molecule has 2 rings (SSSR count). The lowest BCUT2D eigenvalue weighted by atomic mass is 10.2. The van der Waals surface area contributed by atoms with E-state index in [1.807, 2.05) is 43.3 Å². The maximum absolute atomic E-state index is 11.9. The van der Waals surface area contributed by atoms with Crippen molar-refractivity contribution in [1.29, 1.82) is 0 Å². The van der Waals surface area contributed by atoms with Gasteiger partial charge in [0.1, 0.15) is 6.10 Å². The van der Waals surface area contributed by atoms with Crippen LogP contribution in [0.1, 0.15) is 16.5 Å². The minimum atomic E-state index is -0.259. The largest absolute Gasteiger partial charge is 0.374 e. The Morgan fingerprint density at radius 1 is 1.38 bits per heavy atom. The summed E-state index contributed by atoms with van der Waals surface area (Å²) in [7, 11) is 1.61. The van der Waals surface area contributed by atoms with Crippen molar-refractivity contribution in [3.63, 3.8) is 0 Å². The van der Waals surface area contributed by atoms with E-state index in [4.69, 9.17) is 16.3 Å². The molecular formula is C15H17ClN2O2S. The van der Waals surface area contributed by atoms with E-state index in [-0.39, 0.29) is 12.1 Å². The van der Waals surface area contributed by atoms with Crippen LogP contribution < -0.4 is 10.6 Å². The summed E-state index contributed by atoms with van der Waals surface area (Å²) in [5.74, 6) is 0. The Balaban J connectivity index is 1.88. The molecule has 6 heteroatoms.